The Morgan fingerprint density at radius 2 is 1.78 bits per heavy atom. The Kier molecular flexibility index (Phi) is 5.78. The van der Waals surface area contributed by atoms with Crippen molar-refractivity contribution in [2.24, 2.45) is 0 Å². The molecule has 2 aromatic carbocycles. The van der Waals surface area contributed by atoms with Gasteiger partial charge in [-0.05, 0) is 31.2 Å². The second kappa shape index (κ2) is 7.85. The van der Waals surface area contributed by atoms with Gasteiger partial charge in [0.1, 0.15) is 6.54 Å². The highest BCUT2D eigenvalue weighted by molar-refractivity contribution is 6.09. The number of nitro benzene ring substituents is 1. The Morgan fingerprint density at radius 3 is 2.37 bits per heavy atom. The first-order valence-electron chi connectivity index (χ1n) is 7.59. The predicted molar refractivity (Wildman–Crippen MR) is 90.6 cm³/mol. The summed E-state index contributed by atoms with van der Waals surface area (Å²) in [4.78, 5) is 34.6. The highest BCUT2D eigenvalue weighted by atomic mass is 19.4. The number of hydrogen-bond donors (Lipinski definition) is 2. The zero-order valence-electron chi connectivity index (χ0n) is 14.0. The molecule has 0 spiro atoms. The number of amides is 2. The quantitative estimate of drug-likeness (QED) is 0.612. The van der Waals surface area contributed by atoms with E-state index in [1.807, 2.05) is 0 Å². The van der Waals surface area contributed by atoms with Crippen LogP contribution in [0, 0.1) is 17.0 Å². The third-order valence-electron chi connectivity index (χ3n) is 3.52. The molecule has 0 saturated carbocycles. The van der Waals surface area contributed by atoms with Crippen LogP contribution in [-0.4, -0.2) is 29.5 Å². The van der Waals surface area contributed by atoms with Crippen LogP contribution < -0.4 is 10.6 Å². The van der Waals surface area contributed by atoms with Gasteiger partial charge in [0.2, 0.25) is 0 Å². The fourth-order valence-corrected chi connectivity index (χ4v) is 2.26. The standard InChI is InChI=1S/C17H14F3N3O4/c1-10-8-11(6-7-14(10)23(26)27)15(24)22-13-5-3-2-4-12(13)16(25)21-9-17(18,19)20/h2-8H,9H2,1H3,(H,21,25)(H,22,24). The molecule has 0 bridgehead atoms. The summed E-state index contributed by atoms with van der Waals surface area (Å²) >= 11 is 0. The SMILES string of the molecule is Cc1cc(C(=O)Nc2ccccc2C(=O)NCC(F)(F)F)ccc1[N+](=O)[O-]. The Labute approximate surface area is 151 Å². The van der Waals surface area contributed by atoms with Gasteiger partial charge in [0.25, 0.3) is 17.5 Å². The number of nitrogens with zero attached hydrogens (tertiary/aromatic N) is 1. The fraction of sp³-hybridized carbons (Fsp3) is 0.176. The summed E-state index contributed by atoms with van der Waals surface area (Å²) in [7, 11) is 0. The van der Waals surface area contributed by atoms with E-state index in [0.29, 0.717) is 0 Å². The molecule has 0 saturated heterocycles. The molecule has 0 aromatic heterocycles. The van der Waals surface area contributed by atoms with E-state index in [4.69, 9.17) is 0 Å². The molecule has 0 heterocycles. The van der Waals surface area contributed by atoms with E-state index in [1.54, 1.807) is 5.32 Å². The van der Waals surface area contributed by atoms with Crippen LogP contribution in [0.1, 0.15) is 26.3 Å². The molecule has 0 fully saturated rings. The lowest BCUT2D eigenvalue weighted by molar-refractivity contribution is -0.385. The van der Waals surface area contributed by atoms with Crippen LogP contribution in [0.25, 0.3) is 0 Å². The van der Waals surface area contributed by atoms with Gasteiger partial charge < -0.3 is 10.6 Å². The van der Waals surface area contributed by atoms with Crippen molar-refractivity contribution in [2.45, 2.75) is 13.1 Å². The van der Waals surface area contributed by atoms with Gasteiger partial charge in [0.05, 0.1) is 16.2 Å². The largest absolute Gasteiger partial charge is 0.405 e. The van der Waals surface area contributed by atoms with E-state index in [-0.39, 0.29) is 28.1 Å². The summed E-state index contributed by atoms with van der Waals surface area (Å²) in [5.74, 6) is -1.66. The lowest BCUT2D eigenvalue weighted by Gasteiger charge is -2.13. The first-order chi connectivity index (χ1) is 12.6. The van der Waals surface area contributed by atoms with Crippen molar-refractivity contribution in [2.75, 3.05) is 11.9 Å². The average molecular weight is 381 g/mol. The second-order valence-electron chi connectivity index (χ2n) is 5.56. The van der Waals surface area contributed by atoms with Crippen LogP contribution in [0.5, 0.6) is 0 Å². The molecule has 0 unspecified atom stereocenters. The van der Waals surface area contributed by atoms with E-state index in [2.05, 4.69) is 5.32 Å². The molecule has 2 amide bonds. The predicted octanol–water partition coefficient (Wildman–Crippen LogP) is 3.45. The first-order valence-corrected chi connectivity index (χ1v) is 7.59. The molecular formula is C17H14F3N3O4. The number of nitro groups is 1. The molecule has 27 heavy (non-hydrogen) atoms. The number of nitrogens with one attached hydrogen (secondary N) is 2. The van der Waals surface area contributed by atoms with Crippen LogP contribution >= 0.6 is 0 Å². The van der Waals surface area contributed by atoms with Crippen LogP contribution in [0.4, 0.5) is 24.5 Å². The highest BCUT2D eigenvalue weighted by Crippen LogP contribution is 2.21. The van der Waals surface area contributed by atoms with Crippen molar-refractivity contribution in [3.63, 3.8) is 0 Å². The van der Waals surface area contributed by atoms with Gasteiger partial charge >= 0.3 is 6.18 Å². The van der Waals surface area contributed by atoms with Gasteiger partial charge in [-0.15, -0.1) is 0 Å². The maximum Gasteiger partial charge on any atom is 0.405 e. The lowest BCUT2D eigenvalue weighted by Crippen LogP contribution is -2.34. The molecule has 2 rings (SSSR count). The number of aryl methyl sites for hydroxylation is 1. The van der Waals surface area contributed by atoms with Gasteiger partial charge in [0, 0.05) is 17.2 Å². The number of alkyl halides is 3. The minimum atomic E-state index is -4.57. The number of rotatable bonds is 5. The summed E-state index contributed by atoms with van der Waals surface area (Å²) in [5, 5.41) is 15.0. The van der Waals surface area contributed by atoms with Crippen LogP contribution in [0.2, 0.25) is 0 Å². The minimum Gasteiger partial charge on any atom is -0.343 e. The Hall–Kier alpha value is -3.43. The number of halogens is 3. The lowest BCUT2D eigenvalue weighted by atomic mass is 10.1. The summed E-state index contributed by atoms with van der Waals surface area (Å²) in [6.07, 6.45) is -4.57. The molecule has 7 nitrogen and oxygen atoms in total. The van der Waals surface area contributed by atoms with Gasteiger partial charge in [-0.2, -0.15) is 13.2 Å². The molecule has 0 aliphatic heterocycles. The molecule has 10 heteroatoms. The number of para-hydroxylation sites is 1. The van der Waals surface area contributed by atoms with Crippen molar-refractivity contribution in [3.8, 4) is 0 Å². The van der Waals surface area contributed by atoms with Crippen molar-refractivity contribution in [1.29, 1.82) is 0 Å². The molecule has 0 atom stereocenters. The Morgan fingerprint density at radius 1 is 1.11 bits per heavy atom. The molecule has 0 radical (unpaired) electrons. The highest BCUT2D eigenvalue weighted by Gasteiger charge is 2.28. The monoisotopic (exact) mass is 381 g/mol. The van der Waals surface area contributed by atoms with E-state index in [9.17, 15) is 32.9 Å². The average Bonchev–Trinajstić information content (AvgIpc) is 2.59. The van der Waals surface area contributed by atoms with Gasteiger partial charge in [0.15, 0.2) is 0 Å². The Balaban J connectivity index is 2.20. The number of hydrogen-bond acceptors (Lipinski definition) is 4. The van der Waals surface area contributed by atoms with Crippen molar-refractivity contribution in [1.82, 2.24) is 5.32 Å². The third kappa shape index (κ3) is 5.27. The van der Waals surface area contributed by atoms with Crippen molar-refractivity contribution >= 4 is 23.2 Å². The van der Waals surface area contributed by atoms with Gasteiger partial charge in [-0.25, -0.2) is 0 Å². The number of benzene rings is 2. The fourth-order valence-electron chi connectivity index (χ4n) is 2.26. The molecule has 2 aromatic rings. The second-order valence-corrected chi connectivity index (χ2v) is 5.56. The summed E-state index contributed by atoms with van der Waals surface area (Å²) in [6, 6.07) is 9.28. The van der Waals surface area contributed by atoms with Crippen molar-refractivity contribution < 1.29 is 27.7 Å². The van der Waals surface area contributed by atoms with E-state index in [0.717, 1.165) is 0 Å². The number of anilines is 1. The van der Waals surface area contributed by atoms with E-state index >= 15 is 0 Å². The maximum atomic E-state index is 12.3. The normalized spacial score (nSPS) is 11.0. The molecule has 2 N–H and O–H groups in total. The zero-order chi connectivity index (χ0) is 20.2. The van der Waals surface area contributed by atoms with E-state index < -0.39 is 29.5 Å². The summed E-state index contributed by atoms with van der Waals surface area (Å²) in [5.41, 5.74) is 0.0813. The van der Waals surface area contributed by atoms with Gasteiger partial charge in [-0.3, -0.25) is 19.7 Å². The van der Waals surface area contributed by atoms with Crippen molar-refractivity contribution in [3.05, 3.63) is 69.3 Å². The number of carbonyl (C=O) groups excluding carboxylic acids is 2. The first kappa shape index (κ1) is 19.9. The minimum absolute atomic E-state index is 0.0122. The smallest absolute Gasteiger partial charge is 0.343 e. The third-order valence-corrected chi connectivity index (χ3v) is 3.52. The number of carbonyl (C=O) groups is 2. The Bertz CT molecular complexity index is 897. The summed E-state index contributed by atoms with van der Waals surface area (Å²) in [6.45, 7) is -0.0386. The molecular weight excluding hydrogens is 367 g/mol. The van der Waals surface area contributed by atoms with Crippen LogP contribution in [-0.2, 0) is 0 Å². The molecule has 142 valence electrons. The topological polar surface area (TPSA) is 101 Å². The summed E-state index contributed by atoms with van der Waals surface area (Å²) < 4.78 is 36.8. The maximum absolute atomic E-state index is 12.3. The van der Waals surface area contributed by atoms with Crippen LogP contribution in [0.15, 0.2) is 42.5 Å². The van der Waals surface area contributed by atoms with Gasteiger partial charge in [-0.1, -0.05) is 12.1 Å². The van der Waals surface area contributed by atoms with Crippen LogP contribution in [0.3, 0.4) is 0 Å². The van der Waals surface area contributed by atoms with E-state index in [1.165, 1.54) is 49.4 Å². The zero-order valence-corrected chi connectivity index (χ0v) is 14.0. The molecule has 0 aliphatic rings. The molecule has 0 aliphatic carbocycles.